The number of unbranched alkanes of at least 4 members (excludes halogenated alkanes) is 2. The smallest absolute Gasteiger partial charge is 0.483 e. The van der Waals surface area contributed by atoms with Gasteiger partial charge in [-0.15, -0.1) is 0 Å². The SMILES string of the molecule is CCCCC=COCC(F)(F)C(F)(F)OC(F)(F)C(F)(F)F. The molecule has 0 aromatic carbocycles. The highest BCUT2D eigenvalue weighted by Crippen LogP contribution is 2.45. The zero-order chi connectivity index (χ0) is 17.7. The minimum atomic E-state index is -6.56. The zero-order valence-corrected chi connectivity index (χ0v) is 11.2. The van der Waals surface area contributed by atoms with E-state index in [1.165, 1.54) is 6.08 Å². The lowest BCUT2D eigenvalue weighted by atomic mass is 10.2. The summed E-state index contributed by atoms with van der Waals surface area (Å²) in [5, 5.41) is 0. The van der Waals surface area contributed by atoms with Gasteiger partial charge < -0.3 is 4.74 Å². The van der Waals surface area contributed by atoms with Crippen LogP contribution < -0.4 is 0 Å². The molecule has 0 fully saturated rings. The maximum absolute atomic E-state index is 13.0. The average Bonchev–Trinajstić information content (AvgIpc) is 2.30. The van der Waals surface area contributed by atoms with Crippen molar-refractivity contribution in [3.8, 4) is 0 Å². The fraction of sp³-hybridized carbons (Fsp3) is 0.818. The van der Waals surface area contributed by atoms with Crippen LogP contribution in [0.3, 0.4) is 0 Å². The maximum atomic E-state index is 13.0. The standard InChI is InChI=1S/C11H13F9O2/c1-2-3-4-5-6-21-7-8(12,13)10(17,18)22-11(19,20)9(14,15)16/h5-6H,2-4,7H2,1H3. The summed E-state index contributed by atoms with van der Waals surface area (Å²) < 4.78 is 117. The van der Waals surface area contributed by atoms with Gasteiger partial charge in [0.15, 0.2) is 6.61 Å². The second kappa shape index (κ2) is 7.42. The van der Waals surface area contributed by atoms with Crippen LogP contribution in [0, 0.1) is 0 Å². The van der Waals surface area contributed by atoms with Gasteiger partial charge in [0.05, 0.1) is 6.26 Å². The molecule has 0 rings (SSSR count). The molecule has 0 unspecified atom stereocenters. The van der Waals surface area contributed by atoms with Crippen LogP contribution in [0.25, 0.3) is 0 Å². The zero-order valence-electron chi connectivity index (χ0n) is 11.2. The van der Waals surface area contributed by atoms with Crippen LogP contribution in [0.15, 0.2) is 12.3 Å². The molecule has 0 aliphatic carbocycles. The van der Waals surface area contributed by atoms with Gasteiger partial charge in [-0.3, -0.25) is 0 Å². The first-order chi connectivity index (χ1) is 9.77. The lowest BCUT2D eigenvalue weighted by Gasteiger charge is -2.29. The summed E-state index contributed by atoms with van der Waals surface area (Å²) in [5.41, 5.74) is 0. The van der Waals surface area contributed by atoms with Gasteiger partial charge in [-0.05, 0) is 18.9 Å². The maximum Gasteiger partial charge on any atom is 0.483 e. The number of hydrogen-bond acceptors (Lipinski definition) is 2. The molecule has 0 saturated carbocycles. The Balaban J connectivity index is 4.70. The van der Waals surface area contributed by atoms with Gasteiger partial charge >= 0.3 is 24.3 Å². The average molecular weight is 348 g/mol. The number of rotatable bonds is 9. The molecule has 132 valence electrons. The fourth-order valence-electron chi connectivity index (χ4n) is 0.988. The minimum Gasteiger partial charge on any atom is -0.495 e. The van der Waals surface area contributed by atoms with Crippen molar-refractivity contribution in [2.45, 2.75) is 50.5 Å². The highest BCUT2D eigenvalue weighted by molar-refractivity contribution is 4.82. The quantitative estimate of drug-likeness (QED) is 0.328. The van der Waals surface area contributed by atoms with Crippen molar-refractivity contribution in [3.05, 3.63) is 12.3 Å². The highest BCUT2D eigenvalue weighted by Gasteiger charge is 2.70. The molecule has 0 atom stereocenters. The molecule has 22 heavy (non-hydrogen) atoms. The largest absolute Gasteiger partial charge is 0.495 e. The summed E-state index contributed by atoms with van der Waals surface area (Å²) in [5.74, 6) is -5.39. The third-order valence-corrected chi connectivity index (χ3v) is 2.19. The van der Waals surface area contributed by atoms with Crippen LogP contribution >= 0.6 is 0 Å². The predicted molar refractivity (Wildman–Crippen MR) is 56.6 cm³/mol. The van der Waals surface area contributed by atoms with Gasteiger partial charge in [-0.2, -0.15) is 39.5 Å². The van der Waals surface area contributed by atoms with Crippen molar-refractivity contribution in [1.29, 1.82) is 0 Å². The molecular weight excluding hydrogens is 335 g/mol. The Morgan fingerprint density at radius 1 is 0.864 bits per heavy atom. The highest BCUT2D eigenvalue weighted by atomic mass is 19.4. The first-order valence-electron chi connectivity index (χ1n) is 5.94. The van der Waals surface area contributed by atoms with Gasteiger partial charge in [-0.1, -0.05) is 13.3 Å². The monoisotopic (exact) mass is 348 g/mol. The van der Waals surface area contributed by atoms with Crippen molar-refractivity contribution in [2.24, 2.45) is 0 Å². The first kappa shape index (κ1) is 20.9. The summed E-state index contributed by atoms with van der Waals surface area (Å²) in [6.45, 7) is -0.307. The van der Waals surface area contributed by atoms with Gasteiger partial charge in [-0.25, -0.2) is 4.74 Å². The Bertz CT molecular complexity index is 363. The second-order valence-electron chi connectivity index (χ2n) is 4.16. The molecule has 0 aliphatic rings. The molecule has 2 nitrogen and oxygen atoms in total. The van der Waals surface area contributed by atoms with Crippen molar-refractivity contribution in [2.75, 3.05) is 6.61 Å². The van der Waals surface area contributed by atoms with E-state index in [2.05, 4.69) is 4.74 Å². The van der Waals surface area contributed by atoms with Crippen LogP contribution in [0.4, 0.5) is 39.5 Å². The third kappa shape index (κ3) is 5.93. The molecule has 0 amide bonds. The van der Waals surface area contributed by atoms with Gasteiger partial charge in [0.2, 0.25) is 0 Å². The molecule has 0 saturated heterocycles. The molecule has 0 aromatic rings. The topological polar surface area (TPSA) is 18.5 Å². The predicted octanol–water partition coefficient (Wildman–Crippen LogP) is 5.11. The molecule has 0 radical (unpaired) electrons. The van der Waals surface area contributed by atoms with E-state index in [4.69, 9.17) is 0 Å². The Kier molecular flexibility index (Phi) is 7.04. The Hall–Kier alpha value is -1.13. The van der Waals surface area contributed by atoms with Gasteiger partial charge in [0.1, 0.15) is 0 Å². The van der Waals surface area contributed by atoms with E-state index in [1.54, 1.807) is 0 Å². The van der Waals surface area contributed by atoms with E-state index in [-0.39, 0.29) is 0 Å². The Labute approximate surface area is 119 Å². The van der Waals surface area contributed by atoms with Crippen molar-refractivity contribution >= 4 is 0 Å². The molecule has 11 heteroatoms. The fourth-order valence-corrected chi connectivity index (χ4v) is 0.988. The summed E-state index contributed by atoms with van der Waals surface area (Å²) >= 11 is 0. The first-order valence-corrected chi connectivity index (χ1v) is 5.94. The molecular formula is C11H13F9O2. The Morgan fingerprint density at radius 3 is 1.86 bits per heavy atom. The van der Waals surface area contributed by atoms with Crippen molar-refractivity contribution in [1.82, 2.24) is 0 Å². The summed E-state index contributed by atoms with van der Waals surface area (Å²) in [6.07, 6.45) is -15.4. The summed E-state index contributed by atoms with van der Waals surface area (Å²) in [6, 6.07) is 0. The van der Waals surface area contributed by atoms with Gasteiger partial charge in [0, 0.05) is 0 Å². The number of ether oxygens (including phenoxy) is 2. The lowest BCUT2D eigenvalue weighted by Crippen LogP contribution is -2.53. The molecule has 0 aromatic heterocycles. The van der Waals surface area contributed by atoms with Crippen molar-refractivity contribution < 1.29 is 49.0 Å². The lowest BCUT2D eigenvalue weighted by molar-refractivity contribution is -0.487. The number of alkyl halides is 9. The van der Waals surface area contributed by atoms with E-state index in [0.717, 1.165) is 6.42 Å². The van der Waals surface area contributed by atoms with E-state index < -0.39 is 30.9 Å². The molecule has 0 spiro atoms. The molecule has 0 aliphatic heterocycles. The summed E-state index contributed by atoms with van der Waals surface area (Å²) in [4.78, 5) is 0. The normalized spacial score (nSPS) is 14.6. The molecule has 0 heterocycles. The Morgan fingerprint density at radius 2 is 1.41 bits per heavy atom. The molecule has 0 N–H and O–H groups in total. The summed E-state index contributed by atoms with van der Waals surface area (Å²) in [7, 11) is 0. The number of halogens is 9. The number of allylic oxidation sites excluding steroid dienone is 1. The number of hydrogen-bond donors (Lipinski definition) is 0. The van der Waals surface area contributed by atoms with Crippen LogP contribution in [0.1, 0.15) is 26.2 Å². The van der Waals surface area contributed by atoms with E-state index in [0.29, 0.717) is 19.1 Å². The molecule has 0 bridgehead atoms. The second-order valence-corrected chi connectivity index (χ2v) is 4.16. The van der Waals surface area contributed by atoms with Crippen LogP contribution in [0.2, 0.25) is 0 Å². The third-order valence-electron chi connectivity index (χ3n) is 2.19. The van der Waals surface area contributed by atoms with Crippen LogP contribution in [0.5, 0.6) is 0 Å². The van der Waals surface area contributed by atoms with Crippen LogP contribution in [-0.2, 0) is 9.47 Å². The van der Waals surface area contributed by atoms with Gasteiger partial charge in [0.25, 0.3) is 0 Å². The van der Waals surface area contributed by atoms with E-state index in [9.17, 15) is 39.5 Å². The minimum absolute atomic E-state index is 0.390. The van der Waals surface area contributed by atoms with E-state index >= 15 is 0 Å². The van der Waals surface area contributed by atoms with Crippen molar-refractivity contribution in [3.63, 3.8) is 0 Å². The van der Waals surface area contributed by atoms with E-state index in [1.807, 2.05) is 11.7 Å². The van der Waals surface area contributed by atoms with Crippen LogP contribution in [-0.4, -0.2) is 30.9 Å².